The molecular formula is C25H25F3N8O2. The number of hydrogen-bond donors (Lipinski definition) is 2. The Morgan fingerprint density at radius 3 is 2.66 bits per heavy atom. The Morgan fingerprint density at radius 1 is 1.18 bits per heavy atom. The Morgan fingerprint density at radius 2 is 1.95 bits per heavy atom. The fourth-order valence-electron chi connectivity index (χ4n) is 4.92. The predicted octanol–water partition coefficient (Wildman–Crippen LogP) is 3.63. The number of fused-ring (bicyclic) bond motifs is 1. The van der Waals surface area contributed by atoms with Gasteiger partial charge in [0.05, 0.1) is 34.8 Å². The molecule has 1 aliphatic carbocycles. The van der Waals surface area contributed by atoms with E-state index in [0.29, 0.717) is 35.4 Å². The number of β-amino-alcohol motifs (C(OH)–C–C–N with tert-alkyl or cyclic N) is 1. The molecule has 1 saturated carbocycles. The normalized spacial score (nSPS) is 20.7. The fourth-order valence-corrected chi connectivity index (χ4v) is 4.92. The topological polar surface area (TPSA) is 113 Å². The van der Waals surface area contributed by atoms with Crippen LogP contribution in [0.15, 0.2) is 42.7 Å². The second-order valence-electron chi connectivity index (χ2n) is 10.4. The van der Waals surface area contributed by atoms with Gasteiger partial charge in [-0.1, -0.05) is 12.1 Å². The van der Waals surface area contributed by atoms with Crippen LogP contribution in [0.1, 0.15) is 41.7 Å². The van der Waals surface area contributed by atoms with Crippen molar-refractivity contribution in [3.8, 4) is 11.4 Å². The molecule has 198 valence electrons. The number of pyridine rings is 1. The van der Waals surface area contributed by atoms with Crippen LogP contribution in [-0.4, -0.2) is 65.7 Å². The first-order valence-electron chi connectivity index (χ1n) is 12.2. The highest BCUT2D eigenvalue weighted by Gasteiger charge is 2.49. The van der Waals surface area contributed by atoms with Crippen molar-refractivity contribution < 1.29 is 23.1 Å². The lowest BCUT2D eigenvalue weighted by atomic mass is 9.80. The van der Waals surface area contributed by atoms with Crippen molar-refractivity contribution in [2.24, 2.45) is 5.92 Å². The number of rotatable bonds is 5. The minimum Gasteiger partial charge on any atom is -0.386 e. The summed E-state index contributed by atoms with van der Waals surface area (Å²) in [4.78, 5) is 16.5. The summed E-state index contributed by atoms with van der Waals surface area (Å²) in [6.07, 6.45) is -1.06. The van der Waals surface area contributed by atoms with E-state index in [2.05, 4.69) is 25.8 Å². The largest absolute Gasteiger partial charge is 0.391 e. The van der Waals surface area contributed by atoms with Crippen LogP contribution in [0.4, 0.5) is 24.5 Å². The van der Waals surface area contributed by atoms with Gasteiger partial charge in [0.1, 0.15) is 0 Å². The van der Waals surface area contributed by atoms with Crippen LogP contribution in [-0.2, 0) is 0 Å². The minimum atomic E-state index is -4.21. The van der Waals surface area contributed by atoms with Gasteiger partial charge >= 0.3 is 6.18 Å². The monoisotopic (exact) mass is 526 g/mol. The Hall–Kier alpha value is -4.00. The molecule has 3 aromatic heterocycles. The van der Waals surface area contributed by atoms with Crippen molar-refractivity contribution in [2.45, 2.75) is 44.5 Å². The van der Waals surface area contributed by atoms with Crippen LogP contribution in [0.5, 0.6) is 0 Å². The molecule has 2 aliphatic rings. The van der Waals surface area contributed by atoms with Crippen molar-refractivity contribution in [1.29, 1.82) is 0 Å². The quantitative estimate of drug-likeness (QED) is 0.408. The van der Waals surface area contributed by atoms with Crippen LogP contribution in [0.2, 0.25) is 0 Å². The van der Waals surface area contributed by atoms with E-state index in [0.717, 1.165) is 11.3 Å². The Balaban J connectivity index is 1.20. The fraction of sp³-hybridized carbons (Fsp3) is 0.400. The summed E-state index contributed by atoms with van der Waals surface area (Å²) in [5.74, 6) is -1.42. The molecule has 2 N–H and O–H groups in total. The number of aliphatic hydroxyl groups is 1. The number of hydrogen-bond acceptors (Lipinski definition) is 7. The first-order valence-corrected chi connectivity index (χ1v) is 12.2. The number of nitrogens with zero attached hydrogens (tertiary/aromatic N) is 7. The highest BCUT2D eigenvalue weighted by Crippen LogP contribution is 2.46. The molecular weight excluding hydrogens is 501 g/mol. The van der Waals surface area contributed by atoms with E-state index in [-0.39, 0.29) is 24.6 Å². The van der Waals surface area contributed by atoms with Gasteiger partial charge in [0.2, 0.25) is 5.82 Å². The SMILES string of the molecule is Cc1ccc(-c2nnn(C3CC(C(F)(F)F)C3)n2)cc1NC(=O)c1cnn2ccc(N3CC(C)(O)C3)cc12. The molecule has 0 spiro atoms. The number of alkyl halides is 3. The third-order valence-electron chi connectivity index (χ3n) is 7.25. The van der Waals surface area contributed by atoms with E-state index in [1.54, 1.807) is 35.8 Å². The summed E-state index contributed by atoms with van der Waals surface area (Å²) < 4.78 is 40.1. The summed E-state index contributed by atoms with van der Waals surface area (Å²) in [7, 11) is 0. The van der Waals surface area contributed by atoms with Crippen molar-refractivity contribution in [3.05, 3.63) is 53.9 Å². The lowest BCUT2D eigenvalue weighted by Crippen LogP contribution is -2.60. The van der Waals surface area contributed by atoms with Crippen LogP contribution in [0.25, 0.3) is 16.9 Å². The van der Waals surface area contributed by atoms with E-state index in [9.17, 15) is 23.1 Å². The van der Waals surface area contributed by atoms with Gasteiger partial charge in [0.25, 0.3) is 5.91 Å². The molecule has 1 aliphatic heterocycles. The highest BCUT2D eigenvalue weighted by molar-refractivity contribution is 6.09. The number of aryl methyl sites for hydroxylation is 1. The molecule has 10 nitrogen and oxygen atoms in total. The lowest BCUT2D eigenvalue weighted by molar-refractivity contribution is -0.203. The maximum atomic E-state index is 13.3. The van der Waals surface area contributed by atoms with E-state index in [4.69, 9.17) is 0 Å². The average Bonchev–Trinajstić information content (AvgIpc) is 3.44. The van der Waals surface area contributed by atoms with E-state index < -0.39 is 23.7 Å². The molecule has 13 heteroatoms. The minimum absolute atomic E-state index is 0.0626. The van der Waals surface area contributed by atoms with Crippen molar-refractivity contribution >= 4 is 22.8 Å². The lowest BCUT2D eigenvalue weighted by Gasteiger charge is -2.45. The second kappa shape index (κ2) is 8.51. The zero-order valence-electron chi connectivity index (χ0n) is 20.6. The van der Waals surface area contributed by atoms with Gasteiger partial charge in [0.15, 0.2) is 0 Å². The van der Waals surface area contributed by atoms with Crippen LogP contribution in [0, 0.1) is 12.8 Å². The van der Waals surface area contributed by atoms with Gasteiger partial charge in [-0.15, -0.1) is 10.2 Å². The summed E-state index contributed by atoms with van der Waals surface area (Å²) in [6, 6.07) is 8.61. The smallest absolute Gasteiger partial charge is 0.386 e. The molecule has 2 fully saturated rings. The summed E-state index contributed by atoms with van der Waals surface area (Å²) in [5.41, 5.74) is 3.11. The number of nitrogens with one attached hydrogen (secondary N) is 1. The number of halogens is 3. The molecule has 4 heterocycles. The van der Waals surface area contributed by atoms with Crippen molar-refractivity contribution in [3.63, 3.8) is 0 Å². The van der Waals surface area contributed by atoms with E-state index in [1.807, 2.05) is 24.0 Å². The molecule has 0 radical (unpaired) electrons. The molecule has 1 amide bonds. The second-order valence-corrected chi connectivity index (χ2v) is 10.4. The third-order valence-corrected chi connectivity index (χ3v) is 7.25. The molecule has 1 saturated heterocycles. The first-order chi connectivity index (χ1) is 18.0. The molecule has 1 aromatic carbocycles. The van der Waals surface area contributed by atoms with Gasteiger partial charge in [-0.2, -0.15) is 23.1 Å². The average molecular weight is 527 g/mol. The number of carbonyl (C=O) groups excluding carboxylic acids is 1. The number of carbonyl (C=O) groups is 1. The molecule has 4 aromatic rings. The van der Waals surface area contributed by atoms with Crippen LogP contribution < -0.4 is 10.2 Å². The van der Waals surface area contributed by atoms with Crippen molar-refractivity contribution in [1.82, 2.24) is 29.8 Å². The molecule has 0 unspecified atom stereocenters. The van der Waals surface area contributed by atoms with E-state index >= 15 is 0 Å². The number of aromatic nitrogens is 6. The number of tetrazole rings is 1. The first kappa shape index (κ1) is 24.3. The maximum absolute atomic E-state index is 13.3. The molecule has 6 rings (SSSR count). The van der Waals surface area contributed by atoms with Gasteiger partial charge in [-0.25, -0.2) is 4.52 Å². The summed E-state index contributed by atoms with van der Waals surface area (Å²) in [6.45, 7) is 4.64. The Kier molecular flexibility index (Phi) is 5.45. The predicted molar refractivity (Wildman–Crippen MR) is 132 cm³/mol. The molecule has 38 heavy (non-hydrogen) atoms. The number of benzene rings is 1. The standard InChI is InChI=1S/C25H25F3N8O2/c1-14-3-4-15(22-31-33-36(32-22)18-8-16(9-18)25(26,27)28)7-20(14)30-23(37)19-11-29-35-6-5-17(10-21(19)35)34-12-24(2,38)13-34/h3-7,10-11,16,18,38H,8-9,12-13H2,1-2H3,(H,30,37). The number of anilines is 2. The third kappa shape index (κ3) is 4.36. The van der Waals surface area contributed by atoms with Gasteiger partial charge in [-0.05, 0) is 55.7 Å². The summed E-state index contributed by atoms with van der Waals surface area (Å²) >= 11 is 0. The van der Waals surface area contributed by atoms with Crippen molar-refractivity contribution in [2.75, 3.05) is 23.3 Å². The van der Waals surface area contributed by atoms with Gasteiger partial charge < -0.3 is 15.3 Å². The number of amides is 1. The Labute approximate surface area is 215 Å². The highest BCUT2D eigenvalue weighted by atomic mass is 19.4. The van der Waals surface area contributed by atoms with E-state index in [1.165, 1.54) is 11.0 Å². The Bertz CT molecular complexity index is 1530. The van der Waals surface area contributed by atoms with Crippen LogP contribution >= 0.6 is 0 Å². The zero-order chi connectivity index (χ0) is 26.8. The van der Waals surface area contributed by atoms with Gasteiger partial charge in [-0.3, -0.25) is 4.79 Å². The summed E-state index contributed by atoms with van der Waals surface area (Å²) in [5, 5.41) is 29.5. The maximum Gasteiger partial charge on any atom is 0.391 e. The van der Waals surface area contributed by atoms with Gasteiger partial charge in [0, 0.05) is 36.2 Å². The molecule has 0 bridgehead atoms. The van der Waals surface area contributed by atoms with Crippen LogP contribution in [0.3, 0.4) is 0 Å². The molecule has 0 atom stereocenters. The zero-order valence-corrected chi connectivity index (χ0v) is 20.6.